The maximum Gasteiger partial charge on any atom is 0.126 e. The zero-order valence-electron chi connectivity index (χ0n) is 14.9. The summed E-state index contributed by atoms with van der Waals surface area (Å²) in [6.07, 6.45) is 1.33. The number of rotatable bonds is 6. The molecule has 3 atom stereocenters. The first-order valence-electron chi connectivity index (χ1n) is 9.03. The van der Waals surface area contributed by atoms with Gasteiger partial charge in [-0.15, -0.1) is 11.8 Å². The lowest BCUT2D eigenvalue weighted by Crippen LogP contribution is -2.26. The number of benzene rings is 2. The first-order chi connectivity index (χ1) is 12.6. The number of aliphatic hydroxyl groups is 2. The molecule has 5 heteroatoms. The van der Waals surface area contributed by atoms with E-state index in [1.54, 1.807) is 17.8 Å². The van der Waals surface area contributed by atoms with Gasteiger partial charge in [-0.05, 0) is 54.7 Å². The van der Waals surface area contributed by atoms with Crippen LogP contribution in [0.25, 0.3) is 0 Å². The molecule has 0 aliphatic carbocycles. The van der Waals surface area contributed by atoms with E-state index in [1.165, 1.54) is 6.07 Å². The Kier molecular flexibility index (Phi) is 6.57. The number of aliphatic hydroxyl groups excluding tert-OH is 2. The summed E-state index contributed by atoms with van der Waals surface area (Å²) in [6, 6.07) is 12.9. The van der Waals surface area contributed by atoms with Crippen LogP contribution in [0.1, 0.15) is 41.7 Å². The zero-order chi connectivity index (χ0) is 18.5. The van der Waals surface area contributed by atoms with E-state index in [2.05, 4.69) is 0 Å². The average Bonchev–Trinajstić information content (AvgIpc) is 2.64. The van der Waals surface area contributed by atoms with E-state index in [0.29, 0.717) is 31.4 Å². The van der Waals surface area contributed by atoms with Crippen molar-refractivity contribution in [2.75, 3.05) is 13.2 Å². The second-order valence-corrected chi connectivity index (χ2v) is 8.17. The molecule has 0 amide bonds. The molecule has 0 radical (unpaired) electrons. The number of halogens is 1. The Morgan fingerprint density at radius 3 is 2.62 bits per heavy atom. The summed E-state index contributed by atoms with van der Waals surface area (Å²) in [4.78, 5) is 0. The second-order valence-electron chi connectivity index (χ2n) is 6.66. The van der Waals surface area contributed by atoms with Crippen LogP contribution >= 0.6 is 11.8 Å². The van der Waals surface area contributed by atoms with Crippen LogP contribution < -0.4 is 4.74 Å². The summed E-state index contributed by atoms with van der Waals surface area (Å²) in [6.45, 7) is 2.62. The molecular weight excluding hydrogens is 351 g/mol. The van der Waals surface area contributed by atoms with Gasteiger partial charge in [0.1, 0.15) is 11.6 Å². The Bertz CT molecular complexity index is 720. The zero-order valence-corrected chi connectivity index (χ0v) is 15.7. The first kappa shape index (κ1) is 19.2. The molecule has 1 aliphatic heterocycles. The Morgan fingerprint density at radius 1 is 1.15 bits per heavy atom. The normalized spacial score (nSPS) is 23.0. The SMILES string of the molecule is CCOc1ccc(Cc2cc([C@H]3C[C@@H](O)C[C@@H](CO)S3)ccc2F)cc1. The quantitative estimate of drug-likeness (QED) is 0.797. The summed E-state index contributed by atoms with van der Waals surface area (Å²) in [5.41, 5.74) is 2.68. The van der Waals surface area contributed by atoms with Gasteiger partial charge in [0.05, 0.1) is 19.3 Å². The second kappa shape index (κ2) is 8.89. The number of hydrogen-bond acceptors (Lipinski definition) is 4. The Labute approximate surface area is 158 Å². The van der Waals surface area contributed by atoms with Crippen molar-refractivity contribution in [1.29, 1.82) is 0 Å². The maximum absolute atomic E-state index is 14.3. The maximum atomic E-state index is 14.3. The minimum absolute atomic E-state index is 0.0309. The summed E-state index contributed by atoms with van der Waals surface area (Å²) >= 11 is 1.67. The third-order valence-corrected chi connectivity index (χ3v) is 6.17. The molecule has 3 rings (SSSR count). The molecular formula is C21H25FO3S. The van der Waals surface area contributed by atoms with Crippen molar-refractivity contribution in [3.63, 3.8) is 0 Å². The highest BCUT2D eigenvalue weighted by Gasteiger charge is 2.29. The molecule has 2 aromatic rings. The van der Waals surface area contributed by atoms with Crippen molar-refractivity contribution in [3.05, 3.63) is 65.0 Å². The largest absolute Gasteiger partial charge is 0.494 e. The molecule has 1 aliphatic rings. The van der Waals surface area contributed by atoms with Crippen LogP contribution in [0, 0.1) is 5.82 Å². The summed E-state index contributed by atoms with van der Waals surface area (Å²) < 4.78 is 19.8. The highest BCUT2D eigenvalue weighted by atomic mass is 32.2. The lowest BCUT2D eigenvalue weighted by atomic mass is 9.97. The van der Waals surface area contributed by atoms with Gasteiger partial charge >= 0.3 is 0 Å². The molecule has 3 nitrogen and oxygen atoms in total. The van der Waals surface area contributed by atoms with E-state index >= 15 is 0 Å². The minimum Gasteiger partial charge on any atom is -0.494 e. The average molecular weight is 376 g/mol. The van der Waals surface area contributed by atoms with Crippen molar-refractivity contribution in [2.45, 2.75) is 42.8 Å². The molecule has 2 aromatic carbocycles. The lowest BCUT2D eigenvalue weighted by molar-refractivity contribution is 0.137. The smallest absolute Gasteiger partial charge is 0.126 e. The molecule has 0 bridgehead atoms. The predicted molar refractivity (Wildman–Crippen MR) is 103 cm³/mol. The fourth-order valence-electron chi connectivity index (χ4n) is 3.34. The molecule has 0 saturated carbocycles. The van der Waals surface area contributed by atoms with Gasteiger partial charge in [0.2, 0.25) is 0 Å². The van der Waals surface area contributed by atoms with Crippen LogP contribution in [0.3, 0.4) is 0 Å². The van der Waals surface area contributed by atoms with E-state index < -0.39 is 6.10 Å². The molecule has 1 heterocycles. The predicted octanol–water partition coefficient (Wildman–Crippen LogP) is 4.11. The molecule has 1 fully saturated rings. The first-order valence-corrected chi connectivity index (χ1v) is 9.97. The fourth-order valence-corrected chi connectivity index (χ4v) is 4.86. The van der Waals surface area contributed by atoms with Crippen LogP contribution in [0.2, 0.25) is 0 Å². The topological polar surface area (TPSA) is 49.7 Å². The fraction of sp³-hybridized carbons (Fsp3) is 0.429. The van der Waals surface area contributed by atoms with Crippen molar-refractivity contribution in [3.8, 4) is 5.75 Å². The lowest BCUT2D eigenvalue weighted by Gasteiger charge is -2.31. The van der Waals surface area contributed by atoms with Crippen LogP contribution in [0.5, 0.6) is 5.75 Å². The minimum atomic E-state index is -0.419. The molecule has 0 unspecified atom stereocenters. The highest BCUT2D eigenvalue weighted by Crippen LogP contribution is 2.43. The van der Waals surface area contributed by atoms with E-state index in [4.69, 9.17) is 4.74 Å². The van der Waals surface area contributed by atoms with Gasteiger partial charge < -0.3 is 14.9 Å². The molecule has 0 spiro atoms. The van der Waals surface area contributed by atoms with Gasteiger partial charge in [0, 0.05) is 16.9 Å². The van der Waals surface area contributed by atoms with Crippen LogP contribution in [-0.4, -0.2) is 34.8 Å². The van der Waals surface area contributed by atoms with E-state index in [1.807, 2.05) is 37.3 Å². The van der Waals surface area contributed by atoms with Crippen molar-refractivity contribution in [1.82, 2.24) is 0 Å². The Hall–Kier alpha value is -1.56. The molecule has 140 valence electrons. The van der Waals surface area contributed by atoms with E-state index in [9.17, 15) is 14.6 Å². The van der Waals surface area contributed by atoms with Crippen molar-refractivity contribution in [2.24, 2.45) is 0 Å². The Balaban J connectivity index is 1.77. The van der Waals surface area contributed by atoms with Gasteiger partial charge in [-0.25, -0.2) is 4.39 Å². The van der Waals surface area contributed by atoms with Crippen LogP contribution in [0.15, 0.2) is 42.5 Å². The Morgan fingerprint density at radius 2 is 1.92 bits per heavy atom. The molecule has 0 aromatic heterocycles. The molecule has 1 saturated heterocycles. The van der Waals surface area contributed by atoms with Crippen molar-refractivity contribution >= 4 is 11.8 Å². The van der Waals surface area contributed by atoms with Gasteiger partial charge in [-0.3, -0.25) is 0 Å². The van der Waals surface area contributed by atoms with Crippen LogP contribution in [0.4, 0.5) is 4.39 Å². The molecule has 2 N–H and O–H groups in total. The third-order valence-electron chi connectivity index (χ3n) is 4.65. The highest BCUT2D eigenvalue weighted by molar-refractivity contribution is 8.00. The number of hydrogen-bond donors (Lipinski definition) is 2. The summed E-state index contributed by atoms with van der Waals surface area (Å²) in [7, 11) is 0. The summed E-state index contributed by atoms with van der Waals surface area (Å²) in [5.74, 6) is 0.593. The third kappa shape index (κ3) is 4.78. The molecule has 26 heavy (non-hydrogen) atoms. The van der Waals surface area contributed by atoms with Crippen molar-refractivity contribution < 1.29 is 19.3 Å². The standard InChI is InChI=1S/C21H25FO3S/c1-2-25-18-6-3-14(4-7-18)9-16-10-15(5-8-20(16)22)21-12-17(24)11-19(13-23)26-21/h3-8,10,17,19,21,23-24H,2,9,11-13H2,1H3/t17-,19-,21+/m0/s1. The summed E-state index contributed by atoms with van der Waals surface area (Å²) in [5, 5.41) is 19.6. The van der Waals surface area contributed by atoms with E-state index in [0.717, 1.165) is 16.9 Å². The number of thioether (sulfide) groups is 1. The van der Waals surface area contributed by atoms with Gasteiger partial charge in [0.25, 0.3) is 0 Å². The van der Waals surface area contributed by atoms with Crippen LogP contribution in [-0.2, 0) is 6.42 Å². The number of ether oxygens (including phenoxy) is 1. The van der Waals surface area contributed by atoms with Gasteiger partial charge in [-0.1, -0.05) is 24.3 Å². The van der Waals surface area contributed by atoms with Gasteiger partial charge in [0.15, 0.2) is 0 Å². The van der Waals surface area contributed by atoms with E-state index in [-0.39, 0.29) is 22.9 Å². The monoisotopic (exact) mass is 376 g/mol. The van der Waals surface area contributed by atoms with Gasteiger partial charge in [-0.2, -0.15) is 0 Å².